The Balaban J connectivity index is 2.30. The van der Waals surface area contributed by atoms with E-state index in [1.165, 1.54) is 5.56 Å². The summed E-state index contributed by atoms with van der Waals surface area (Å²) in [6.45, 7) is 5.12. The van der Waals surface area contributed by atoms with Gasteiger partial charge in [-0.2, -0.15) is 0 Å². The van der Waals surface area contributed by atoms with E-state index < -0.39 is 0 Å². The van der Waals surface area contributed by atoms with Crippen LogP contribution in [-0.4, -0.2) is 32.9 Å². The van der Waals surface area contributed by atoms with Gasteiger partial charge in [0.25, 0.3) is 0 Å². The molecule has 0 saturated heterocycles. The van der Waals surface area contributed by atoms with Crippen LogP contribution in [0.2, 0.25) is 0 Å². The summed E-state index contributed by atoms with van der Waals surface area (Å²) in [7, 11) is 3.43. The topological polar surface area (TPSA) is 30.5 Å². The first-order valence-corrected chi connectivity index (χ1v) is 6.53. The van der Waals surface area contributed by atoms with E-state index in [9.17, 15) is 0 Å². The van der Waals surface area contributed by atoms with Gasteiger partial charge in [-0.05, 0) is 44.4 Å². The van der Waals surface area contributed by atoms with Crippen LogP contribution in [-0.2, 0) is 11.2 Å². The first-order valence-electron chi connectivity index (χ1n) is 6.53. The number of nitrogens with one attached hydrogen (secondary N) is 1. The van der Waals surface area contributed by atoms with Gasteiger partial charge in [0.2, 0.25) is 0 Å². The highest BCUT2D eigenvalue weighted by Gasteiger charge is 2.07. The van der Waals surface area contributed by atoms with Crippen LogP contribution < -0.4 is 10.1 Å². The van der Waals surface area contributed by atoms with Crippen molar-refractivity contribution in [2.24, 2.45) is 0 Å². The minimum atomic E-state index is 0.404. The molecule has 0 aliphatic heterocycles. The predicted octanol–water partition coefficient (Wildman–Crippen LogP) is 2.64. The smallest absolute Gasteiger partial charge is 0.118 e. The molecule has 3 heteroatoms. The third-order valence-electron chi connectivity index (χ3n) is 3.01. The minimum Gasteiger partial charge on any atom is -0.497 e. The number of rotatable bonds is 8. The molecule has 0 aliphatic rings. The van der Waals surface area contributed by atoms with Gasteiger partial charge in [-0.1, -0.05) is 12.1 Å². The number of benzene rings is 1. The Bertz CT molecular complexity index is 324. The van der Waals surface area contributed by atoms with E-state index in [-0.39, 0.29) is 0 Å². The molecule has 0 aromatic heterocycles. The van der Waals surface area contributed by atoms with Crippen LogP contribution in [0.3, 0.4) is 0 Å². The molecule has 2 atom stereocenters. The maximum atomic E-state index is 5.15. The lowest BCUT2D eigenvalue weighted by atomic mass is 10.1. The van der Waals surface area contributed by atoms with Crippen LogP contribution in [0.4, 0.5) is 0 Å². The van der Waals surface area contributed by atoms with Gasteiger partial charge in [0.15, 0.2) is 0 Å². The zero-order valence-electron chi connectivity index (χ0n) is 11.9. The Kier molecular flexibility index (Phi) is 6.76. The van der Waals surface area contributed by atoms with Crippen molar-refractivity contribution in [1.82, 2.24) is 5.32 Å². The van der Waals surface area contributed by atoms with E-state index in [1.54, 1.807) is 14.2 Å². The van der Waals surface area contributed by atoms with Crippen LogP contribution in [0.5, 0.6) is 5.75 Å². The molecule has 1 rings (SSSR count). The molecule has 0 radical (unpaired) electrons. The molecule has 18 heavy (non-hydrogen) atoms. The molecule has 0 fully saturated rings. The molecule has 2 unspecified atom stereocenters. The summed E-state index contributed by atoms with van der Waals surface area (Å²) in [6, 6.07) is 9.19. The van der Waals surface area contributed by atoms with E-state index in [4.69, 9.17) is 9.47 Å². The van der Waals surface area contributed by atoms with Gasteiger partial charge in [-0.3, -0.25) is 0 Å². The average Bonchev–Trinajstić information content (AvgIpc) is 2.37. The summed E-state index contributed by atoms with van der Waals surface area (Å²) < 4.78 is 10.3. The Morgan fingerprint density at radius 1 is 1.06 bits per heavy atom. The minimum absolute atomic E-state index is 0.404. The fraction of sp³-hybridized carbons (Fsp3) is 0.600. The Hall–Kier alpha value is -1.06. The van der Waals surface area contributed by atoms with Gasteiger partial charge < -0.3 is 14.8 Å². The molecular weight excluding hydrogens is 226 g/mol. The molecule has 0 saturated carbocycles. The fourth-order valence-corrected chi connectivity index (χ4v) is 2.04. The summed E-state index contributed by atoms with van der Waals surface area (Å²) in [6.07, 6.45) is 2.21. The van der Waals surface area contributed by atoms with E-state index >= 15 is 0 Å². The first kappa shape index (κ1) is 15.0. The molecule has 0 aliphatic carbocycles. The molecule has 0 amide bonds. The van der Waals surface area contributed by atoms with Gasteiger partial charge in [0.1, 0.15) is 5.75 Å². The van der Waals surface area contributed by atoms with Crippen molar-refractivity contribution < 1.29 is 9.47 Å². The molecule has 102 valence electrons. The van der Waals surface area contributed by atoms with Gasteiger partial charge >= 0.3 is 0 Å². The molecular formula is C15H25NO2. The highest BCUT2D eigenvalue weighted by molar-refractivity contribution is 5.27. The number of hydrogen-bond acceptors (Lipinski definition) is 3. The van der Waals surface area contributed by atoms with Gasteiger partial charge in [-0.25, -0.2) is 0 Å². The third kappa shape index (κ3) is 5.52. The normalized spacial score (nSPS) is 14.2. The summed E-state index contributed by atoms with van der Waals surface area (Å²) in [4.78, 5) is 0. The van der Waals surface area contributed by atoms with E-state index in [2.05, 4.69) is 31.3 Å². The quantitative estimate of drug-likeness (QED) is 0.770. The molecule has 1 aromatic carbocycles. The molecule has 0 spiro atoms. The Morgan fingerprint density at radius 2 is 1.72 bits per heavy atom. The van der Waals surface area contributed by atoms with Crippen molar-refractivity contribution in [2.45, 2.75) is 38.8 Å². The van der Waals surface area contributed by atoms with Crippen LogP contribution in [0.15, 0.2) is 24.3 Å². The molecule has 1 aromatic rings. The van der Waals surface area contributed by atoms with Crippen molar-refractivity contribution >= 4 is 0 Å². The fourth-order valence-electron chi connectivity index (χ4n) is 2.04. The van der Waals surface area contributed by atoms with Crippen LogP contribution in [0.1, 0.15) is 25.8 Å². The zero-order valence-corrected chi connectivity index (χ0v) is 11.9. The highest BCUT2D eigenvalue weighted by Crippen LogP contribution is 2.13. The lowest BCUT2D eigenvalue weighted by molar-refractivity contribution is 0.167. The average molecular weight is 251 g/mol. The van der Waals surface area contributed by atoms with E-state index in [0.717, 1.165) is 25.2 Å². The summed E-state index contributed by atoms with van der Waals surface area (Å²) in [5.74, 6) is 0.915. The van der Waals surface area contributed by atoms with Crippen molar-refractivity contribution in [3.8, 4) is 5.75 Å². The molecule has 1 N–H and O–H groups in total. The third-order valence-corrected chi connectivity index (χ3v) is 3.01. The van der Waals surface area contributed by atoms with Gasteiger partial charge in [0.05, 0.1) is 13.7 Å². The monoisotopic (exact) mass is 251 g/mol. The van der Waals surface area contributed by atoms with Gasteiger partial charge in [-0.15, -0.1) is 0 Å². The standard InChI is InChI=1S/C15H25NO2/c1-12(16-13(2)11-17-3)5-6-14-7-9-15(18-4)10-8-14/h7-10,12-13,16H,5-6,11H2,1-4H3. The number of aryl methyl sites for hydroxylation is 1. The molecule has 0 bridgehead atoms. The number of hydrogen-bond donors (Lipinski definition) is 1. The van der Waals surface area contributed by atoms with E-state index in [0.29, 0.717) is 12.1 Å². The Morgan fingerprint density at radius 3 is 2.28 bits per heavy atom. The SMILES string of the molecule is COCC(C)NC(C)CCc1ccc(OC)cc1. The van der Waals surface area contributed by atoms with Crippen molar-refractivity contribution in [3.05, 3.63) is 29.8 Å². The second kappa shape index (κ2) is 8.11. The van der Waals surface area contributed by atoms with Crippen LogP contribution >= 0.6 is 0 Å². The van der Waals surface area contributed by atoms with Crippen LogP contribution in [0, 0.1) is 0 Å². The summed E-state index contributed by atoms with van der Waals surface area (Å²) in [5, 5.41) is 3.52. The van der Waals surface area contributed by atoms with Gasteiger partial charge in [0, 0.05) is 19.2 Å². The largest absolute Gasteiger partial charge is 0.497 e. The van der Waals surface area contributed by atoms with Crippen molar-refractivity contribution in [2.75, 3.05) is 20.8 Å². The lowest BCUT2D eigenvalue weighted by Crippen LogP contribution is -2.37. The first-order chi connectivity index (χ1) is 8.65. The predicted molar refractivity (Wildman–Crippen MR) is 75.3 cm³/mol. The second-order valence-electron chi connectivity index (χ2n) is 4.81. The molecule has 3 nitrogen and oxygen atoms in total. The number of ether oxygens (including phenoxy) is 2. The van der Waals surface area contributed by atoms with E-state index in [1.807, 2.05) is 12.1 Å². The maximum Gasteiger partial charge on any atom is 0.118 e. The maximum absolute atomic E-state index is 5.15. The molecule has 0 heterocycles. The summed E-state index contributed by atoms with van der Waals surface area (Å²) >= 11 is 0. The second-order valence-corrected chi connectivity index (χ2v) is 4.81. The van der Waals surface area contributed by atoms with Crippen molar-refractivity contribution in [1.29, 1.82) is 0 Å². The highest BCUT2D eigenvalue weighted by atomic mass is 16.5. The summed E-state index contributed by atoms with van der Waals surface area (Å²) in [5.41, 5.74) is 1.35. The van der Waals surface area contributed by atoms with Crippen molar-refractivity contribution in [3.63, 3.8) is 0 Å². The van der Waals surface area contributed by atoms with Crippen LogP contribution in [0.25, 0.3) is 0 Å². The zero-order chi connectivity index (χ0) is 13.4. The lowest BCUT2D eigenvalue weighted by Gasteiger charge is -2.19. The Labute approximate surface area is 110 Å². The number of methoxy groups -OCH3 is 2.